The Hall–Kier alpha value is -0.820. The summed E-state index contributed by atoms with van der Waals surface area (Å²) in [5, 5.41) is 0. The molecule has 0 amide bonds. The van der Waals surface area contributed by atoms with Crippen LogP contribution < -0.4 is 0 Å². The van der Waals surface area contributed by atoms with Crippen molar-refractivity contribution in [3.8, 4) is 0 Å². The van der Waals surface area contributed by atoms with E-state index < -0.39 is 0 Å². The van der Waals surface area contributed by atoms with Crippen molar-refractivity contribution in [2.75, 3.05) is 20.6 Å². The lowest BCUT2D eigenvalue weighted by molar-refractivity contribution is 0.303. The third-order valence-corrected chi connectivity index (χ3v) is 3.00. The Labute approximate surface area is 86.7 Å². The van der Waals surface area contributed by atoms with Crippen LogP contribution in [0, 0.1) is 12.0 Å². The van der Waals surface area contributed by atoms with E-state index in [1.165, 1.54) is 31.4 Å². The van der Waals surface area contributed by atoms with E-state index in [1.807, 2.05) is 6.07 Å². The molecule has 1 aromatic carbocycles. The van der Waals surface area contributed by atoms with Gasteiger partial charge in [0, 0.05) is 6.54 Å². The summed E-state index contributed by atoms with van der Waals surface area (Å²) in [5.41, 5.74) is 3.06. The van der Waals surface area contributed by atoms with Gasteiger partial charge in [0.25, 0.3) is 0 Å². The Morgan fingerprint density at radius 3 is 3.07 bits per heavy atom. The largest absolute Gasteiger partial charge is 0.309 e. The zero-order chi connectivity index (χ0) is 9.97. The molecule has 1 unspecified atom stereocenters. The van der Waals surface area contributed by atoms with Gasteiger partial charge in [-0.05, 0) is 56.5 Å². The molecule has 2 rings (SSSR count). The first-order valence-corrected chi connectivity index (χ1v) is 5.38. The minimum atomic E-state index is 0.847. The highest BCUT2D eigenvalue weighted by Crippen LogP contribution is 2.25. The van der Waals surface area contributed by atoms with Crippen LogP contribution in [0.4, 0.5) is 0 Å². The number of fused-ring (bicyclic) bond motifs is 1. The van der Waals surface area contributed by atoms with E-state index in [2.05, 4.69) is 37.2 Å². The van der Waals surface area contributed by atoms with Crippen LogP contribution in [0.5, 0.6) is 0 Å². The van der Waals surface area contributed by atoms with Gasteiger partial charge in [-0.25, -0.2) is 0 Å². The number of rotatable bonds is 2. The molecule has 0 aromatic heterocycles. The van der Waals surface area contributed by atoms with Gasteiger partial charge < -0.3 is 4.90 Å². The summed E-state index contributed by atoms with van der Waals surface area (Å²) < 4.78 is 0. The molecule has 0 saturated carbocycles. The van der Waals surface area contributed by atoms with Crippen LogP contribution >= 0.6 is 0 Å². The fraction of sp³-hybridized carbons (Fsp3) is 0.538. The van der Waals surface area contributed by atoms with E-state index in [4.69, 9.17) is 0 Å². The molecule has 0 spiro atoms. The van der Waals surface area contributed by atoms with Crippen LogP contribution in [0.25, 0.3) is 0 Å². The van der Waals surface area contributed by atoms with Gasteiger partial charge in [-0.1, -0.05) is 18.2 Å². The van der Waals surface area contributed by atoms with E-state index in [9.17, 15) is 0 Å². The second-order valence-electron chi connectivity index (χ2n) is 4.57. The summed E-state index contributed by atoms with van der Waals surface area (Å²) in [6.45, 7) is 1.22. The minimum Gasteiger partial charge on any atom is -0.309 e. The Morgan fingerprint density at radius 1 is 1.43 bits per heavy atom. The number of hydrogen-bond donors (Lipinski definition) is 0. The van der Waals surface area contributed by atoms with Crippen LogP contribution in [-0.2, 0) is 12.8 Å². The molecule has 0 fully saturated rings. The summed E-state index contributed by atoms with van der Waals surface area (Å²) >= 11 is 0. The lowest BCUT2D eigenvalue weighted by Gasteiger charge is -2.26. The quantitative estimate of drug-likeness (QED) is 0.687. The molecule has 0 aliphatic heterocycles. The van der Waals surface area contributed by atoms with E-state index in [1.54, 1.807) is 5.56 Å². The van der Waals surface area contributed by atoms with Crippen molar-refractivity contribution in [1.29, 1.82) is 0 Å². The van der Waals surface area contributed by atoms with Gasteiger partial charge in [-0.15, -0.1) is 0 Å². The minimum absolute atomic E-state index is 0.847. The van der Waals surface area contributed by atoms with Gasteiger partial charge >= 0.3 is 0 Å². The van der Waals surface area contributed by atoms with Crippen molar-refractivity contribution in [3.05, 3.63) is 35.4 Å². The molecule has 1 aromatic rings. The maximum absolute atomic E-state index is 3.17. The molecular weight excluding hydrogens is 170 g/mol. The van der Waals surface area contributed by atoms with Crippen LogP contribution in [0.15, 0.2) is 18.2 Å². The topological polar surface area (TPSA) is 3.24 Å². The summed E-state index contributed by atoms with van der Waals surface area (Å²) in [4.78, 5) is 2.30. The molecule has 0 saturated heterocycles. The number of aryl methyl sites for hydroxylation is 1. The molecule has 1 aliphatic carbocycles. The average molecular weight is 188 g/mol. The first-order valence-electron chi connectivity index (χ1n) is 5.38. The highest BCUT2D eigenvalue weighted by Gasteiger charge is 2.18. The zero-order valence-corrected chi connectivity index (χ0v) is 9.09. The molecule has 0 bridgehead atoms. The van der Waals surface area contributed by atoms with Crippen LogP contribution in [0.1, 0.15) is 17.5 Å². The van der Waals surface area contributed by atoms with Gasteiger partial charge in [0.05, 0.1) is 0 Å². The first-order chi connectivity index (χ1) is 6.75. The standard InChI is InChI=1S/C13H18N/c1-14(2)10-11-7-8-12-5-3-4-6-13(12)9-11/h4-6,11H,7-10H2,1-2H3. The van der Waals surface area contributed by atoms with Crippen molar-refractivity contribution >= 4 is 0 Å². The van der Waals surface area contributed by atoms with Crippen LogP contribution in [-0.4, -0.2) is 25.5 Å². The van der Waals surface area contributed by atoms with Gasteiger partial charge in [-0.2, -0.15) is 0 Å². The second kappa shape index (κ2) is 4.14. The maximum atomic E-state index is 3.17. The lowest BCUT2D eigenvalue weighted by Crippen LogP contribution is -2.26. The summed E-state index contributed by atoms with van der Waals surface area (Å²) in [6, 6.07) is 9.59. The van der Waals surface area contributed by atoms with Crippen molar-refractivity contribution in [3.63, 3.8) is 0 Å². The number of hydrogen-bond acceptors (Lipinski definition) is 1. The van der Waals surface area contributed by atoms with Gasteiger partial charge in [-0.3, -0.25) is 0 Å². The number of benzene rings is 1. The first kappa shape index (κ1) is 9.72. The predicted octanol–water partition coefficient (Wildman–Crippen LogP) is 2.15. The van der Waals surface area contributed by atoms with Gasteiger partial charge in [0.15, 0.2) is 0 Å². The fourth-order valence-corrected chi connectivity index (χ4v) is 2.37. The number of nitrogens with zero attached hydrogens (tertiary/aromatic N) is 1. The third kappa shape index (κ3) is 2.16. The van der Waals surface area contributed by atoms with E-state index >= 15 is 0 Å². The molecule has 14 heavy (non-hydrogen) atoms. The molecule has 1 atom stereocenters. The summed E-state index contributed by atoms with van der Waals surface area (Å²) in [6.07, 6.45) is 3.83. The molecular formula is C13H18N. The van der Waals surface area contributed by atoms with E-state index in [0.717, 1.165) is 5.92 Å². The zero-order valence-electron chi connectivity index (χ0n) is 9.09. The smallest absolute Gasteiger partial charge is 0.000685 e. The monoisotopic (exact) mass is 188 g/mol. The lowest BCUT2D eigenvalue weighted by atomic mass is 9.84. The van der Waals surface area contributed by atoms with Crippen molar-refractivity contribution in [1.82, 2.24) is 4.90 Å². The summed E-state index contributed by atoms with van der Waals surface area (Å²) in [5.74, 6) is 0.847. The van der Waals surface area contributed by atoms with Crippen molar-refractivity contribution < 1.29 is 0 Å². The Morgan fingerprint density at radius 2 is 2.29 bits per heavy atom. The molecule has 1 radical (unpaired) electrons. The van der Waals surface area contributed by atoms with Crippen LogP contribution in [0.3, 0.4) is 0 Å². The maximum Gasteiger partial charge on any atom is 0.000685 e. The molecule has 1 nitrogen and oxygen atoms in total. The van der Waals surface area contributed by atoms with Gasteiger partial charge in [0.1, 0.15) is 0 Å². The van der Waals surface area contributed by atoms with Crippen molar-refractivity contribution in [2.45, 2.75) is 19.3 Å². The van der Waals surface area contributed by atoms with Gasteiger partial charge in [0.2, 0.25) is 0 Å². The normalized spacial score (nSPS) is 20.9. The molecule has 75 valence electrons. The van der Waals surface area contributed by atoms with Crippen molar-refractivity contribution in [2.24, 2.45) is 5.92 Å². The Balaban J connectivity index is 2.06. The highest BCUT2D eigenvalue weighted by molar-refractivity contribution is 5.29. The fourth-order valence-electron chi connectivity index (χ4n) is 2.37. The molecule has 0 N–H and O–H groups in total. The SMILES string of the molecule is CN(C)CC1CCc2c[c]ccc2C1. The van der Waals surface area contributed by atoms with E-state index in [0.29, 0.717) is 0 Å². The molecule has 1 aliphatic rings. The highest BCUT2D eigenvalue weighted by atomic mass is 15.1. The Kier molecular flexibility index (Phi) is 2.87. The predicted molar refractivity (Wildman–Crippen MR) is 59.3 cm³/mol. The average Bonchev–Trinajstić information content (AvgIpc) is 2.17. The third-order valence-electron chi connectivity index (χ3n) is 3.00. The molecule has 0 heterocycles. The molecule has 1 heteroatoms. The Bertz CT molecular complexity index is 304. The second-order valence-corrected chi connectivity index (χ2v) is 4.57. The van der Waals surface area contributed by atoms with E-state index in [-0.39, 0.29) is 0 Å². The summed E-state index contributed by atoms with van der Waals surface area (Å²) in [7, 11) is 4.32. The van der Waals surface area contributed by atoms with Crippen LogP contribution in [0.2, 0.25) is 0 Å².